The summed E-state index contributed by atoms with van der Waals surface area (Å²) in [7, 11) is 0. The quantitative estimate of drug-likeness (QED) is 0.256. The highest BCUT2D eigenvalue weighted by molar-refractivity contribution is 6.30. The molecule has 0 unspecified atom stereocenters. The summed E-state index contributed by atoms with van der Waals surface area (Å²) < 4.78 is 11.4. The van der Waals surface area contributed by atoms with Crippen molar-refractivity contribution in [2.24, 2.45) is 0 Å². The zero-order valence-electron chi connectivity index (χ0n) is 21.7. The number of aryl methyl sites for hydroxylation is 1. The Morgan fingerprint density at radius 1 is 1.08 bits per heavy atom. The molecule has 9 nitrogen and oxygen atoms in total. The number of nitrogens with zero attached hydrogens (tertiary/aromatic N) is 7. The fourth-order valence-corrected chi connectivity index (χ4v) is 5.58. The van der Waals surface area contributed by atoms with E-state index in [-0.39, 0.29) is 5.78 Å². The van der Waals surface area contributed by atoms with E-state index in [0.29, 0.717) is 35.9 Å². The van der Waals surface area contributed by atoms with Crippen molar-refractivity contribution in [1.29, 1.82) is 0 Å². The van der Waals surface area contributed by atoms with Crippen LogP contribution < -0.4 is 0 Å². The van der Waals surface area contributed by atoms with E-state index >= 15 is 0 Å². The van der Waals surface area contributed by atoms with Gasteiger partial charge in [0.2, 0.25) is 0 Å². The van der Waals surface area contributed by atoms with Gasteiger partial charge >= 0.3 is 0 Å². The Kier molecular flexibility index (Phi) is 6.42. The summed E-state index contributed by atoms with van der Waals surface area (Å²) in [5.41, 5.74) is 6.97. The molecule has 39 heavy (non-hydrogen) atoms. The fourth-order valence-electron chi connectivity index (χ4n) is 5.42. The highest BCUT2D eigenvalue weighted by atomic mass is 35.5. The lowest BCUT2D eigenvalue weighted by molar-refractivity contribution is 0.0343. The van der Waals surface area contributed by atoms with Gasteiger partial charge in [-0.25, -0.2) is 9.97 Å². The first kappa shape index (κ1) is 24.5. The Labute approximate surface area is 231 Å². The molecule has 2 aliphatic rings. The number of fused-ring (bicyclic) bond motifs is 2. The summed E-state index contributed by atoms with van der Waals surface area (Å²) in [5, 5.41) is 5.12. The van der Waals surface area contributed by atoms with E-state index in [1.54, 1.807) is 17.2 Å². The number of aromatic nitrogens is 6. The molecule has 5 aromatic rings. The first-order valence-electron chi connectivity index (χ1n) is 13.6. The first-order chi connectivity index (χ1) is 19.1. The van der Waals surface area contributed by atoms with Crippen LogP contribution in [0.15, 0.2) is 55.5 Å². The topological polar surface area (TPSA) is 82.0 Å². The molecule has 5 aromatic heterocycles. The number of halogens is 1. The van der Waals surface area contributed by atoms with Gasteiger partial charge in [-0.3, -0.25) is 14.4 Å². The highest BCUT2D eigenvalue weighted by Crippen LogP contribution is 2.40. The van der Waals surface area contributed by atoms with Crippen molar-refractivity contribution in [2.75, 3.05) is 26.3 Å². The lowest BCUT2D eigenvalue weighted by Gasteiger charge is -2.26. The van der Waals surface area contributed by atoms with Crippen molar-refractivity contribution in [2.45, 2.75) is 44.7 Å². The highest BCUT2D eigenvalue weighted by Gasteiger charge is 2.26. The van der Waals surface area contributed by atoms with E-state index in [9.17, 15) is 4.79 Å². The van der Waals surface area contributed by atoms with E-state index < -0.39 is 0 Å². The molecule has 6 heterocycles. The number of imidazole rings is 2. The molecule has 1 saturated carbocycles. The van der Waals surface area contributed by atoms with Crippen LogP contribution in [-0.4, -0.2) is 65.5 Å². The monoisotopic (exact) mass is 543 g/mol. The van der Waals surface area contributed by atoms with Gasteiger partial charge in [-0.1, -0.05) is 11.6 Å². The Balaban J connectivity index is 1.06. The average molecular weight is 544 g/mol. The van der Waals surface area contributed by atoms with Gasteiger partial charge in [0, 0.05) is 61.4 Å². The smallest absolute Gasteiger partial charge is 0.166 e. The molecule has 0 N–H and O–H groups in total. The summed E-state index contributed by atoms with van der Waals surface area (Å²) in [4.78, 5) is 24.8. The molecule has 0 atom stereocenters. The van der Waals surface area contributed by atoms with Crippen molar-refractivity contribution in [1.82, 2.24) is 33.4 Å². The second-order valence-electron chi connectivity index (χ2n) is 10.6. The maximum Gasteiger partial charge on any atom is 0.166 e. The van der Waals surface area contributed by atoms with Crippen LogP contribution >= 0.6 is 11.6 Å². The van der Waals surface area contributed by atoms with Gasteiger partial charge in [0.15, 0.2) is 5.78 Å². The number of carbonyl (C=O) groups excluding carboxylic acids is 1. The Bertz CT molecular complexity index is 1660. The van der Waals surface area contributed by atoms with Gasteiger partial charge in [-0.05, 0) is 48.9 Å². The lowest BCUT2D eigenvalue weighted by Crippen LogP contribution is -2.35. The Morgan fingerprint density at radius 2 is 1.95 bits per heavy atom. The Morgan fingerprint density at radius 3 is 2.79 bits per heavy atom. The second-order valence-corrected chi connectivity index (χ2v) is 11.0. The molecule has 7 rings (SSSR count). The third-order valence-corrected chi connectivity index (χ3v) is 7.93. The summed E-state index contributed by atoms with van der Waals surface area (Å²) in [6, 6.07) is 6.04. The minimum Gasteiger partial charge on any atom is -0.379 e. The maximum atomic E-state index is 12.9. The molecule has 1 saturated heterocycles. The van der Waals surface area contributed by atoms with Crippen LogP contribution in [0.3, 0.4) is 0 Å². The normalized spacial score (nSPS) is 16.4. The standard InChI is InChI=1S/C29H30ClN7O2/c30-24-5-6-35-19-31-26(27(35)12-24)3-4-28(38)23-13-32-37(16-23)18-25-17-36-15-21(20-1-2-20)11-22(29(36)33-25)14-34-7-9-39-10-8-34/h5-6,11-13,15-17,19-20H,1-4,7-10,14,18H2. The number of ketones is 1. The Hall–Kier alpha value is -3.53. The third-order valence-electron chi connectivity index (χ3n) is 7.69. The van der Waals surface area contributed by atoms with Crippen LogP contribution in [0.4, 0.5) is 0 Å². The summed E-state index contributed by atoms with van der Waals surface area (Å²) in [6.07, 6.45) is 14.8. The average Bonchev–Trinajstić information content (AvgIpc) is 3.35. The molecule has 0 spiro atoms. The van der Waals surface area contributed by atoms with Crippen molar-refractivity contribution in [3.63, 3.8) is 0 Å². The molecule has 0 radical (unpaired) electrons. The van der Waals surface area contributed by atoms with Crippen LogP contribution in [0, 0.1) is 0 Å². The maximum absolute atomic E-state index is 12.9. The second kappa shape index (κ2) is 10.2. The molecule has 10 heteroatoms. The molecule has 200 valence electrons. The van der Waals surface area contributed by atoms with E-state index in [1.807, 2.05) is 28.9 Å². The van der Waals surface area contributed by atoms with Crippen LogP contribution in [-0.2, 0) is 24.2 Å². The molecule has 0 aromatic carbocycles. The fraction of sp³-hybridized carbons (Fsp3) is 0.379. The van der Waals surface area contributed by atoms with Crippen LogP contribution in [0.2, 0.25) is 5.02 Å². The summed E-state index contributed by atoms with van der Waals surface area (Å²) >= 11 is 6.15. The molecule has 0 amide bonds. The van der Waals surface area contributed by atoms with Gasteiger partial charge in [0.25, 0.3) is 0 Å². The molecular weight excluding hydrogens is 514 g/mol. The van der Waals surface area contributed by atoms with Gasteiger partial charge < -0.3 is 13.5 Å². The molecular formula is C29H30ClN7O2. The van der Waals surface area contributed by atoms with Crippen molar-refractivity contribution >= 4 is 28.5 Å². The first-order valence-corrected chi connectivity index (χ1v) is 13.9. The molecule has 0 bridgehead atoms. The lowest BCUT2D eigenvalue weighted by atomic mass is 10.1. The zero-order valence-corrected chi connectivity index (χ0v) is 22.4. The number of carbonyl (C=O) groups is 1. The van der Waals surface area contributed by atoms with Gasteiger partial charge in [0.1, 0.15) is 5.65 Å². The third kappa shape index (κ3) is 5.22. The van der Waals surface area contributed by atoms with E-state index in [1.165, 1.54) is 24.0 Å². The minimum absolute atomic E-state index is 0.0429. The predicted molar refractivity (Wildman–Crippen MR) is 147 cm³/mol. The van der Waals surface area contributed by atoms with Crippen molar-refractivity contribution < 1.29 is 9.53 Å². The summed E-state index contributed by atoms with van der Waals surface area (Å²) in [5.74, 6) is 0.710. The number of hydrogen-bond donors (Lipinski definition) is 0. The molecule has 2 fully saturated rings. The van der Waals surface area contributed by atoms with Crippen molar-refractivity contribution in [3.8, 4) is 0 Å². The number of rotatable bonds is 9. The number of ether oxygens (including phenoxy) is 1. The van der Waals surface area contributed by atoms with Gasteiger partial charge in [-0.2, -0.15) is 5.10 Å². The number of Topliss-reactive ketones (excluding diaryl/α,β-unsaturated/α-hetero) is 1. The minimum atomic E-state index is 0.0429. The van der Waals surface area contributed by atoms with Crippen LogP contribution in [0.1, 0.15) is 58.1 Å². The van der Waals surface area contributed by atoms with Crippen molar-refractivity contribution in [3.05, 3.63) is 88.6 Å². The molecule has 1 aliphatic carbocycles. The largest absolute Gasteiger partial charge is 0.379 e. The van der Waals surface area contributed by atoms with Crippen LogP contribution in [0.25, 0.3) is 11.2 Å². The molecule has 1 aliphatic heterocycles. The van der Waals surface area contributed by atoms with Gasteiger partial charge in [-0.15, -0.1) is 0 Å². The van der Waals surface area contributed by atoms with Gasteiger partial charge in [0.05, 0.1) is 54.8 Å². The van der Waals surface area contributed by atoms with Crippen LogP contribution in [0.5, 0.6) is 0 Å². The predicted octanol–water partition coefficient (Wildman–Crippen LogP) is 4.41. The summed E-state index contributed by atoms with van der Waals surface area (Å²) in [6.45, 7) is 4.85. The number of morpholine rings is 1. The number of hydrogen-bond acceptors (Lipinski definition) is 6. The van der Waals surface area contributed by atoms with E-state index in [0.717, 1.165) is 55.4 Å². The SMILES string of the molecule is O=C(CCc1ncn2ccc(Cl)cc12)c1cnn(Cc2cn3cc(C4CC4)cc(CN4CCOCC4)c3n2)c1. The van der Waals surface area contributed by atoms with E-state index in [4.69, 9.17) is 21.3 Å². The zero-order chi connectivity index (χ0) is 26.3. The van der Waals surface area contributed by atoms with E-state index in [2.05, 4.69) is 37.8 Å². The number of pyridine rings is 2.